The van der Waals surface area contributed by atoms with E-state index >= 15 is 0 Å². The maximum Gasteiger partial charge on any atom is 0.148 e. The van der Waals surface area contributed by atoms with Crippen molar-refractivity contribution in [3.05, 3.63) is 11.4 Å². The SMILES string of the molecule is Cc1nc(NN)c(C)c(N(C)C2CCC2)n1. The van der Waals surface area contributed by atoms with Crippen LogP contribution in [-0.4, -0.2) is 23.1 Å². The molecule has 5 heteroatoms. The van der Waals surface area contributed by atoms with Crippen LogP contribution in [0.3, 0.4) is 0 Å². The van der Waals surface area contributed by atoms with Gasteiger partial charge in [-0.25, -0.2) is 15.8 Å². The van der Waals surface area contributed by atoms with Crippen LogP contribution < -0.4 is 16.2 Å². The van der Waals surface area contributed by atoms with Crippen LogP contribution in [-0.2, 0) is 0 Å². The number of aromatic nitrogens is 2. The largest absolute Gasteiger partial charge is 0.356 e. The molecule has 1 fully saturated rings. The third-order valence-electron chi connectivity index (χ3n) is 3.33. The Hall–Kier alpha value is -1.36. The van der Waals surface area contributed by atoms with E-state index in [2.05, 4.69) is 27.3 Å². The van der Waals surface area contributed by atoms with E-state index in [1.807, 2.05) is 13.8 Å². The fourth-order valence-electron chi connectivity index (χ4n) is 2.04. The molecule has 0 unspecified atom stereocenters. The summed E-state index contributed by atoms with van der Waals surface area (Å²) in [7, 11) is 2.10. The fourth-order valence-corrected chi connectivity index (χ4v) is 2.04. The van der Waals surface area contributed by atoms with Gasteiger partial charge in [0.2, 0.25) is 0 Å². The van der Waals surface area contributed by atoms with Gasteiger partial charge in [-0.15, -0.1) is 0 Å². The van der Waals surface area contributed by atoms with Gasteiger partial charge in [-0.3, -0.25) is 0 Å². The highest BCUT2D eigenvalue weighted by molar-refractivity contribution is 5.58. The van der Waals surface area contributed by atoms with Crippen molar-refractivity contribution in [2.45, 2.75) is 39.2 Å². The Labute approximate surface area is 96.0 Å². The lowest BCUT2D eigenvalue weighted by Crippen LogP contribution is -2.38. The predicted octanol–water partition coefficient (Wildman–Crippen LogP) is 1.37. The number of nitrogens with one attached hydrogen (secondary N) is 1. The van der Waals surface area contributed by atoms with Crippen molar-refractivity contribution in [2.24, 2.45) is 5.84 Å². The molecule has 1 aliphatic rings. The van der Waals surface area contributed by atoms with Crippen molar-refractivity contribution in [3.8, 4) is 0 Å². The highest BCUT2D eigenvalue weighted by Crippen LogP contribution is 2.30. The van der Waals surface area contributed by atoms with E-state index in [4.69, 9.17) is 5.84 Å². The molecule has 88 valence electrons. The Morgan fingerprint density at radius 2 is 2.00 bits per heavy atom. The third-order valence-corrected chi connectivity index (χ3v) is 3.33. The first kappa shape index (κ1) is 11.1. The van der Waals surface area contributed by atoms with Crippen LogP contribution in [0.1, 0.15) is 30.7 Å². The molecule has 1 heterocycles. The molecule has 1 aromatic rings. The Morgan fingerprint density at radius 1 is 1.31 bits per heavy atom. The van der Waals surface area contributed by atoms with E-state index in [9.17, 15) is 0 Å². The summed E-state index contributed by atoms with van der Waals surface area (Å²) in [6, 6.07) is 0.624. The van der Waals surface area contributed by atoms with Crippen molar-refractivity contribution in [1.29, 1.82) is 0 Å². The summed E-state index contributed by atoms with van der Waals surface area (Å²) < 4.78 is 0. The van der Waals surface area contributed by atoms with E-state index in [0.29, 0.717) is 11.9 Å². The number of nitrogens with two attached hydrogens (primary N) is 1. The zero-order chi connectivity index (χ0) is 11.7. The van der Waals surface area contributed by atoms with Gasteiger partial charge in [0.25, 0.3) is 0 Å². The summed E-state index contributed by atoms with van der Waals surface area (Å²) in [5.41, 5.74) is 3.64. The molecule has 5 nitrogen and oxygen atoms in total. The Bertz CT molecular complexity index is 386. The van der Waals surface area contributed by atoms with Gasteiger partial charge in [-0.05, 0) is 33.1 Å². The van der Waals surface area contributed by atoms with E-state index < -0.39 is 0 Å². The number of hydrazine groups is 1. The highest BCUT2D eigenvalue weighted by atomic mass is 15.3. The molecule has 0 bridgehead atoms. The van der Waals surface area contributed by atoms with Crippen LogP contribution in [0.15, 0.2) is 0 Å². The first-order valence-electron chi connectivity index (χ1n) is 5.68. The van der Waals surface area contributed by atoms with E-state index in [1.165, 1.54) is 19.3 Å². The highest BCUT2D eigenvalue weighted by Gasteiger charge is 2.25. The average molecular weight is 221 g/mol. The lowest BCUT2D eigenvalue weighted by Gasteiger charge is -2.36. The Balaban J connectivity index is 2.34. The summed E-state index contributed by atoms with van der Waals surface area (Å²) in [4.78, 5) is 11.0. The van der Waals surface area contributed by atoms with Gasteiger partial charge in [0, 0.05) is 18.7 Å². The molecule has 0 radical (unpaired) electrons. The lowest BCUT2D eigenvalue weighted by molar-refractivity contribution is 0.398. The van der Waals surface area contributed by atoms with Crippen LogP contribution in [0.2, 0.25) is 0 Å². The van der Waals surface area contributed by atoms with Gasteiger partial charge < -0.3 is 10.3 Å². The van der Waals surface area contributed by atoms with Gasteiger partial charge in [-0.2, -0.15) is 0 Å². The topological polar surface area (TPSA) is 67.1 Å². The summed E-state index contributed by atoms with van der Waals surface area (Å²) in [5.74, 6) is 7.91. The number of hydrogen-bond acceptors (Lipinski definition) is 5. The molecule has 0 amide bonds. The van der Waals surface area contributed by atoms with Crippen molar-refractivity contribution >= 4 is 11.6 Å². The van der Waals surface area contributed by atoms with Gasteiger partial charge in [0.15, 0.2) is 0 Å². The maximum absolute atomic E-state index is 5.45. The molecule has 1 aliphatic carbocycles. The molecule has 1 saturated carbocycles. The van der Waals surface area contributed by atoms with Crippen LogP contribution >= 0.6 is 0 Å². The summed E-state index contributed by atoms with van der Waals surface area (Å²) >= 11 is 0. The monoisotopic (exact) mass is 221 g/mol. The van der Waals surface area contributed by atoms with Crippen molar-refractivity contribution in [3.63, 3.8) is 0 Å². The molecule has 0 saturated heterocycles. The molecule has 0 atom stereocenters. The average Bonchev–Trinajstić information content (AvgIpc) is 2.18. The molecule has 0 aliphatic heterocycles. The smallest absolute Gasteiger partial charge is 0.148 e. The number of anilines is 2. The van der Waals surface area contributed by atoms with Crippen molar-refractivity contribution in [2.75, 3.05) is 17.4 Å². The standard InChI is InChI=1S/C11H19N5/c1-7-10(15-12)13-8(2)14-11(7)16(3)9-5-4-6-9/h9H,4-6,12H2,1-3H3,(H,13,14,15). The number of rotatable bonds is 3. The zero-order valence-electron chi connectivity index (χ0n) is 10.1. The second-order valence-corrected chi connectivity index (χ2v) is 4.41. The Morgan fingerprint density at radius 3 is 2.50 bits per heavy atom. The molecule has 2 rings (SSSR count). The number of aryl methyl sites for hydroxylation is 1. The summed E-state index contributed by atoms with van der Waals surface area (Å²) in [6.07, 6.45) is 3.83. The normalized spacial score (nSPS) is 15.8. The maximum atomic E-state index is 5.45. The molecule has 0 spiro atoms. The van der Waals surface area contributed by atoms with Gasteiger partial charge >= 0.3 is 0 Å². The quantitative estimate of drug-likeness (QED) is 0.596. The minimum absolute atomic E-state index is 0.624. The minimum Gasteiger partial charge on any atom is -0.356 e. The van der Waals surface area contributed by atoms with E-state index in [-0.39, 0.29) is 0 Å². The van der Waals surface area contributed by atoms with Gasteiger partial charge in [-0.1, -0.05) is 0 Å². The fraction of sp³-hybridized carbons (Fsp3) is 0.636. The van der Waals surface area contributed by atoms with Gasteiger partial charge in [0.1, 0.15) is 17.5 Å². The molecular weight excluding hydrogens is 202 g/mol. The van der Waals surface area contributed by atoms with Crippen LogP contribution in [0, 0.1) is 13.8 Å². The van der Waals surface area contributed by atoms with E-state index in [1.54, 1.807) is 0 Å². The molecule has 0 aromatic carbocycles. The van der Waals surface area contributed by atoms with Crippen LogP contribution in [0.25, 0.3) is 0 Å². The van der Waals surface area contributed by atoms with Gasteiger partial charge in [0.05, 0.1) is 0 Å². The zero-order valence-corrected chi connectivity index (χ0v) is 10.1. The molecule has 1 aromatic heterocycles. The van der Waals surface area contributed by atoms with Crippen LogP contribution in [0.5, 0.6) is 0 Å². The molecule has 16 heavy (non-hydrogen) atoms. The first-order chi connectivity index (χ1) is 7.63. The third kappa shape index (κ3) is 1.82. The van der Waals surface area contributed by atoms with Crippen LogP contribution in [0.4, 0.5) is 11.6 Å². The molecular formula is C11H19N5. The first-order valence-corrected chi connectivity index (χ1v) is 5.68. The molecule has 3 N–H and O–H groups in total. The summed E-state index contributed by atoms with van der Waals surface area (Å²) in [5, 5.41) is 0. The van der Waals surface area contributed by atoms with E-state index in [0.717, 1.165) is 17.2 Å². The minimum atomic E-state index is 0.624. The number of nitrogens with zero attached hydrogens (tertiary/aromatic N) is 3. The second kappa shape index (κ2) is 4.25. The lowest BCUT2D eigenvalue weighted by atomic mass is 9.92. The van der Waals surface area contributed by atoms with Crippen molar-refractivity contribution in [1.82, 2.24) is 9.97 Å². The number of nitrogen functional groups attached to an aromatic ring is 1. The Kier molecular flexibility index (Phi) is 2.96. The van der Waals surface area contributed by atoms with Crippen molar-refractivity contribution < 1.29 is 0 Å². The summed E-state index contributed by atoms with van der Waals surface area (Å²) in [6.45, 7) is 3.89. The predicted molar refractivity (Wildman–Crippen MR) is 65.4 cm³/mol. The number of hydrogen-bond donors (Lipinski definition) is 2. The second-order valence-electron chi connectivity index (χ2n) is 4.41.